The number of aromatic amines is 1. The molecule has 4 rings (SSSR count). The molecular formula is C20H22FN3O2S. The number of ether oxygens (including phenoxy) is 1. The number of aryl methyl sites for hydroxylation is 1. The first kappa shape index (κ1) is 18.0. The molecule has 7 heteroatoms. The molecule has 0 unspecified atom stereocenters. The van der Waals surface area contributed by atoms with E-state index in [2.05, 4.69) is 28.2 Å². The number of amides is 1. The fourth-order valence-electron chi connectivity index (χ4n) is 3.60. The van der Waals surface area contributed by atoms with E-state index in [-0.39, 0.29) is 11.7 Å². The van der Waals surface area contributed by atoms with E-state index in [4.69, 9.17) is 4.74 Å². The van der Waals surface area contributed by atoms with Crippen LogP contribution in [0.25, 0.3) is 10.2 Å². The smallest absolute Gasteiger partial charge is 0.272 e. The molecule has 0 aliphatic carbocycles. The number of carbonyl (C=O) groups is 1. The van der Waals surface area contributed by atoms with Gasteiger partial charge in [-0.3, -0.25) is 9.69 Å². The number of halogens is 1. The summed E-state index contributed by atoms with van der Waals surface area (Å²) in [6, 6.07) is 6.48. The van der Waals surface area contributed by atoms with Crippen LogP contribution in [0.3, 0.4) is 0 Å². The third-order valence-corrected chi connectivity index (χ3v) is 6.02. The van der Waals surface area contributed by atoms with Gasteiger partial charge in [-0.2, -0.15) is 0 Å². The van der Waals surface area contributed by atoms with Crippen molar-refractivity contribution < 1.29 is 13.9 Å². The topological polar surface area (TPSA) is 57.4 Å². The highest BCUT2D eigenvalue weighted by molar-refractivity contribution is 7.19. The lowest BCUT2D eigenvalue weighted by molar-refractivity contribution is 0.102. The minimum Gasteiger partial charge on any atom is -0.494 e. The zero-order chi connectivity index (χ0) is 19.0. The molecule has 0 bridgehead atoms. The third-order valence-electron chi connectivity index (χ3n) is 4.91. The summed E-state index contributed by atoms with van der Waals surface area (Å²) in [6.45, 7) is 4.93. The van der Waals surface area contributed by atoms with Gasteiger partial charge in [0, 0.05) is 28.7 Å². The molecule has 1 fully saturated rings. The Labute approximate surface area is 161 Å². The van der Waals surface area contributed by atoms with Crippen LogP contribution in [0.4, 0.5) is 10.1 Å². The second kappa shape index (κ2) is 7.32. The van der Waals surface area contributed by atoms with Gasteiger partial charge in [0.15, 0.2) is 11.6 Å². The van der Waals surface area contributed by atoms with E-state index in [1.54, 1.807) is 17.4 Å². The number of hydrogen-bond donors (Lipinski definition) is 2. The summed E-state index contributed by atoms with van der Waals surface area (Å²) in [7, 11) is 1.41. The SMILES string of the molecule is COc1ccc(NC(=O)c2[nH]c3cc(C)sc3c2CN2CCCC2)cc1F. The number of benzene rings is 1. The van der Waals surface area contributed by atoms with Crippen molar-refractivity contribution in [3.05, 3.63) is 46.2 Å². The van der Waals surface area contributed by atoms with Gasteiger partial charge in [0.2, 0.25) is 0 Å². The molecule has 27 heavy (non-hydrogen) atoms. The van der Waals surface area contributed by atoms with Crippen molar-refractivity contribution >= 4 is 33.1 Å². The molecule has 142 valence electrons. The van der Waals surface area contributed by atoms with Crippen molar-refractivity contribution in [2.75, 3.05) is 25.5 Å². The Morgan fingerprint density at radius 1 is 1.33 bits per heavy atom. The minimum absolute atomic E-state index is 0.151. The number of carbonyl (C=O) groups excluding carboxylic acids is 1. The Kier molecular flexibility index (Phi) is 4.88. The van der Waals surface area contributed by atoms with Crippen LogP contribution in [-0.2, 0) is 6.54 Å². The predicted molar refractivity (Wildman–Crippen MR) is 106 cm³/mol. The quantitative estimate of drug-likeness (QED) is 0.676. The van der Waals surface area contributed by atoms with Gasteiger partial charge in [0.25, 0.3) is 5.91 Å². The molecule has 2 aromatic heterocycles. The maximum atomic E-state index is 13.9. The van der Waals surface area contributed by atoms with Crippen molar-refractivity contribution in [1.29, 1.82) is 0 Å². The van der Waals surface area contributed by atoms with Crippen molar-refractivity contribution in [2.24, 2.45) is 0 Å². The number of likely N-dealkylation sites (tertiary alicyclic amines) is 1. The summed E-state index contributed by atoms with van der Waals surface area (Å²) < 4.78 is 20.0. The van der Waals surface area contributed by atoms with E-state index < -0.39 is 5.82 Å². The van der Waals surface area contributed by atoms with Crippen molar-refractivity contribution in [3.8, 4) is 5.75 Å². The van der Waals surface area contributed by atoms with Gasteiger partial charge in [-0.15, -0.1) is 11.3 Å². The Morgan fingerprint density at radius 3 is 2.81 bits per heavy atom. The first-order valence-corrected chi connectivity index (χ1v) is 9.85. The van der Waals surface area contributed by atoms with Crippen LogP contribution >= 0.6 is 11.3 Å². The van der Waals surface area contributed by atoms with Crippen LogP contribution in [0, 0.1) is 12.7 Å². The Morgan fingerprint density at radius 2 is 2.11 bits per heavy atom. The lowest BCUT2D eigenvalue weighted by Crippen LogP contribution is -2.21. The molecular weight excluding hydrogens is 365 g/mol. The van der Waals surface area contributed by atoms with Crippen LogP contribution in [-0.4, -0.2) is 36.0 Å². The fraction of sp³-hybridized carbons (Fsp3) is 0.350. The molecule has 3 aromatic rings. The van der Waals surface area contributed by atoms with E-state index in [1.807, 2.05) is 0 Å². The second-order valence-corrected chi connectivity index (χ2v) is 8.12. The van der Waals surface area contributed by atoms with Crippen LogP contribution in [0.5, 0.6) is 5.75 Å². The summed E-state index contributed by atoms with van der Waals surface area (Å²) in [4.78, 5) is 19.8. The highest BCUT2D eigenvalue weighted by atomic mass is 32.1. The van der Waals surface area contributed by atoms with Gasteiger partial charge in [0.1, 0.15) is 5.69 Å². The summed E-state index contributed by atoms with van der Waals surface area (Å²) in [6.07, 6.45) is 2.40. The van der Waals surface area contributed by atoms with Gasteiger partial charge in [-0.1, -0.05) is 0 Å². The monoisotopic (exact) mass is 387 g/mol. The molecule has 0 radical (unpaired) electrons. The van der Waals surface area contributed by atoms with Crippen LogP contribution in [0.1, 0.15) is 33.8 Å². The highest BCUT2D eigenvalue weighted by Gasteiger charge is 2.23. The van der Waals surface area contributed by atoms with Gasteiger partial charge < -0.3 is 15.0 Å². The number of aromatic nitrogens is 1. The molecule has 1 aliphatic rings. The summed E-state index contributed by atoms with van der Waals surface area (Å²) in [5, 5.41) is 2.80. The van der Waals surface area contributed by atoms with Crippen molar-refractivity contribution in [3.63, 3.8) is 0 Å². The second-order valence-electron chi connectivity index (χ2n) is 6.87. The number of hydrogen-bond acceptors (Lipinski definition) is 4. The molecule has 1 saturated heterocycles. The number of nitrogens with one attached hydrogen (secondary N) is 2. The molecule has 0 atom stereocenters. The molecule has 1 aromatic carbocycles. The summed E-state index contributed by atoms with van der Waals surface area (Å²) in [5.41, 5.74) is 2.97. The third kappa shape index (κ3) is 3.57. The van der Waals surface area contributed by atoms with E-state index in [1.165, 1.54) is 37.0 Å². The summed E-state index contributed by atoms with van der Waals surface area (Å²) >= 11 is 1.70. The van der Waals surface area contributed by atoms with E-state index in [0.29, 0.717) is 11.4 Å². The van der Waals surface area contributed by atoms with Gasteiger partial charge in [-0.25, -0.2) is 4.39 Å². The van der Waals surface area contributed by atoms with Gasteiger partial charge in [0.05, 0.1) is 17.3 Å². The van der Waals surface area contributed by atoms with Crippen LogP contribution in [0.15, 0.2) is 24.3 Å². The van der Waals surface area contributed by atoms with Crippen molar-refractivity contribution in [1.82, 2.24) is 9.88 Å². The average molecular weight is 387 g/mol. The van der Waals surface area contributed by atoms with Crippen LogP contribution < -0.4 is 10.1 Å². The first-order chi connectivity index (χ1) is 13.0. The first-order valence-electron chi connectivity index (χ1n) is 9.03. The predicted octanol–water partition coefficient (Wildman–Crippen LogP) is 4.53. The molecule has 3 heterocycles. The van der Waals surface area contributed by atoms with E-state index in [0.717, 1.165) is 35.4 Å². The Hall–Kier alpha value is -2.38. The van der Waals surface area contributed by atoms with Gasteiger partial charge >= 0.3 is 0 Å². The highest BCUT2D eigenvalue weighted by Crippen LogP contribution is 2.33. The number of nitrogens with zero attached hydrogens (tertiary/aromatic N) is 1. The standard InChI is InChI=1S/C20H22FN3O2S/c1-12-9-16-19(27-12)14(11-24-7-3-4-8-24)18(23-16)20(25)22-13-5-6-17(26-2)15(21)10-13/h5-6,9-10,23H,3-4,7-8,11H2,1-2H3,(H,22,25). The normalized spacial score (nSPS) is 14.8. The number of anilines is 1. The average Bonchev–Trinajstić information content (AvgIpc) is 3.33. The van der Waals surface area contributed by atoms with E-state index in [9.17, 15) is 9.18 Å². The minimum atomic E-state index is -0.504. The molecule has 5 nitrogen and oxygen atoms in total. The maximum absolute atomic E-state index is 13.9. The number of rotatable bonds is 5. The molecule has 0 spiro atoms. The summed E-state index contributed by atoms with van der Waals surface area (Å²) in [5.74, 6) is -0.607. The van der Waals surface area contributed by atoms with E-state index >= 15 is 0 Å². The number of fused-ring (bicyclic) bond motifs is 1. The number of thiophene rings is 1. The molecule has 2 N–H and O–H groups in total. The zero-order valence-electron chi connectivity index (χ0n) is 15.4. The van der Waals surface area contributed by atoms with Crippen LogP contribution in [0.2, 0.25) is 0 Å². The number of methoxy groups -OCH3 is 1. The zero-order valence-corrected chi connectivity index (χ0v) is 16.2. The molecule has 1 aliphatic heterocycles. The molecule has 0 saturated carbocycles. The lowest BCUT2D eigenvalue weighted by Gasteiger charge is -2.15. The van der Waals surface area contributed by atoms with Crippen molar-refractivity contribution in [2.45, 2.75) is 26.3 Å². The maximum Gasteiger partial charge on any atom is 0.272 e. The number of H-pyrrole nitrogens is 1. The van der Waals surface area contributed by atoms with Gasteiger partial charge in [-0.05, 0) is 51.1 Å². The largest absolute Gasteiger partial charge is 0.494 e. The lowest BCUT2D eigenvalue weighted by atomic mass is 10.2. The Balaban J connectivity index is 1.64. The fourth-order valence-corrected chi connectivity index (χ4v) is 4.61. The molecule has 1 amide bonds. The Bertz CT molecular complexity index is 989.